The molecule has 0 bridgehead atoms. The summed E-state index contributed by atoms with van der Waals surface area (Å²) >= 11 is 0. The topological polar surface area (TPSA) is 80.2 Å². The molecule has 1 saturated heterocycles. The predicted octanol–water partition coefficient (Wildman–Crippen LogP) is 5.86. The lowest BCUT2D eigenvalue weighted by Crippen LogP contribution is -2.39. The molecule has 2 fully saturated rings. The maximum atomic E-state index is 13.0. The highest BCUT2D eigenvalue weighted by atomic mass is 19.4. The minimum atomic E-state index is -4.41. The number of aryl methyl sites for hydroxylation is 1. The molecule has 1 spiro atoms. The van der Waals surface area contributed by atoms with Crippen LogP contribution in [0.2, 0.25) is 0 Å². The second kappa shape index (κ2) is 9.40. The van der Waals surface area contributed by atoms with E-state index in [0.29, 0.717) is 36.1 Å². The molecule has 1 N–H and O–H groups in total. The SMILES string of the molecule is Cc1cc(N2C[C@]3(CC[C@@H](CNc4ccc(-c5cccc(C(F)(F)F)c5)nn4)CC3)OC2=O)ccn1. The van der Waals surface area contributed by atoms with Crippen LogP contribution in [0, 0.1) is 12.8 Å². The predicted molar refractivity (Wildman–Crippen MR) is 128 cm³/mol. The zero-order valence-electron chi connectivity index (χ0n) is 19.8. The molecule has 7 nitrogen and oxygen atoms in total. The first kappa shape index (κ1) is 24.0. The Morgan fingerprint density at radius 3 is 2.61 bits per heavy atom. The number of alkyl halides is 3. The van der Waals surface area contributed by atoms with E-state index in [4.69, 9.17) is 4.74 Å². The van der Waals surface area contributed by atoms with E-state index in [2.05, 4.69) is 20.5 Å². The summed E-state index contributed by atoms with van der Waals surface area (Å²) in [6.07, 6.45) is 0.348. The van der Waals surface area contributed by atoms with E-state index in [1.807, 2.05) is 19.1 Å². The molecular formula is C26H26F3N5O2. The molecule has 36 heavy (non-hydrogen) atoms. The minimum Gasteiger partial charge on any atom is -0.441 e. The number of carbonyl (C=O) groups excluding carboxylic acids is 1. The molecule has 2 aromatic heterocycles. The maximum Gasteiger partial charge on any atom is 0.416 e. The molecule has 188 valence electrons. The third kappa shape index (κ3) is 5.12. The van der Waals surface area contributed by atoms with Crippen molar-refractivity contribution in [2.24, 2.45) is 5.92 Å². The Morgan fingerprint density at radius 2 is 1.92 bits per heavy atom. The summed E-state index contributed by atoms with van der Waals surface area (Å²) in [4.78, 5) is 18.4. The van der Waals surface area contributed by atoms with Gasteiger partial charge >= 0.3 is 12.3 Å². The fourth-order valence-corrected chi connectivity index (χ4v) is 4.87. The number of hydrogen-bond donors (Lipinski definition) is 1. The zero-order chi connectivity index (χ0) is 25.3. The Kier molecular flexibility index (Phi) is 6.27. The van der Waals surface area contributed by atoms with Gasteiger partial charge in [-0.3, -0.25) is 9.88 Å². The summed E-state index contributed by atoms with van der Waals surface area (Å²) in [7, 11) is 0. The van der Waals surface area contributed by atoms with Gasteiger partial charge in [0.15, 0.2) is 0 Å². The Hall–Kier alpha value is -3.69. The number of hydrogen-bond acceptors (Lipinski definition) is 6. The number of benzene rings is 1. The molecule has 0 unspecified atom stereocenters. The third-order valence-corrected chi connectivity index (χ3v) is 6.90. The molecule has 5 rings (SSSR count). The van der Waals surface area contributed by atoms with Crippen LogP contribution in [-0.4, -0.2) is 40.0 Å². The summed E-state index contributed by atoms with van der Waals surface area (Å²) in [5, 5.41) is 11.5. The number of aromatic nitrogens is 3. The monoisotopic (exact) mass is 497 g/mol. The van der Waals surface area contributed by atoms with Gasteiger partial charge in [-0.05, 0) is 74.9 Å². The van der Waals surface area contributed by atoms with Crippen LogP contribution in [0.15, 0.2) is 54.7 Å². The molecular weight excluding hydrogens is 471 g/mol. The molecule has 1 aromatic carbocycles. The lowest BCUT2D eigenvalue weighted by Gasteiger charge is -2.35. The van der Waals surface area contributed by atoms with Crippen LogP contribution < -0.4 is 10.2 Å². The van der Waals surface area contributed by atoms with Crippen LogP contribution in [0.5, 0.6) is 0 Å². The second-order valence-electron chi connectivity index (χ2n) is 9.50. The summed E-state index contributed by atoms with van der Waals surface area (Å²) in [6.45, 7) is 3.12. The van der Waals surface area contributed by atoms with Gasteiger partial charge in [0.1, 0.15) is 11.4 Å². The van der Waals surface area contributed by atoms with Crippen LogP contribution in [0.1, 0.15) is 36.9 Å². The van der Waals surface area contributed by atoms with Crippen molar-refractivity contribution in [1.82, 2.24) is 15.2 Å². The van der Waals surface area contributed by atoms with E-state index in [9.17, 15) is 18.0 Å². The summed E-state index contributed by atoms with van der Waals surface area (Å²) in [5.74, 6) is 0.953. The summed E-state index contributed by atoms with van der Waals surface area (Å²) in [5.41, 5.74) is 1.22. The smallest absolute Gasteiger partial charge is 0.416 e. The lowest BCUT2D eigenvalue weighted by molar-refractivity contribution is -0.137. The lowest BCUT2D eigenvalue weighted by atomic mass is 9.78. The van der Waals surface area contributed by atoms with E-state index in [1.165, 1.54) is 6.07 Å². The second-order valence-corrected chi connectivity index (χ2v) is 9.50. The number of ether oxygens (including phenoxy) is 1. The van der Waals surface area contributed by atoms with Crippen molar-refractivity contribution in [3.05, 3.63) is 66.0 Å². The number of nitrogens with one attached hydrogen (secondary N) is 1. The minimum absolute atomic E-state index is 0.312. The first-order valence-corrected chi connectivity index (χ1v) is 11.9. The standard InChI is InChI=1S/C26H26F3N5O2/c1-17-13-21(9-12-30-17)34-16-25(36-24(34)35)10-7-18(8-11-25)15-31-23-6-5-22(32-33-23)19-3-2-4-20(14-19)26(27,28)29/h2-6,9,12-14,18H,7-8,10-11,15-16H2,1H3,(H,31,33)/t18-,25-. The average Bonchev–Trinajstić information content (AvgIpc) is 3.19. The zero-order valence-corrected chi connectivity index (χ0v) is 19.8. The quantitative estimate of drug-likeness (QED) is 0.475. The summed E-state index contributed by atoms with van der Waals surface area (Å²) in [6, 6.07) is 12.1. The molecule has 1 aliphatic carbocycles. The molecule has 3 aromatic rings. The molecule has 1 saturated carbocycles. The molecule has 1 aliphatic heterocycles. The van der Waals surface area contributed by atoms with E-state index in [1.54, 1.807) is 29.3 Å². The number of carbonyl (C=O) groups is 1. The first-order valence-electron chi connectivity index (χ1n) is 11.9. The van der Waals surface area contributed by atoms with Gasteiger partial charge in [-0.1, -0.05) is 12.1 Å². The van der Waals surface area contributed by atoms with Crippen molar-refractivity contribution in [2.75, 3.05) is 23.3 Å². The normalized spacial score (nSPS) is 22.1. The maximum absolute atomic E-state index is 13.0. The Balaban J connectivity index is 1.14. The molecule has 3 heterocycles. The number of pyridine rings is 1. The van der Waals surface area contributed by atoms with E-state index < -0.39 is 17.3 Å². The molecule has 0 radical (unpaired) electrons. The number of anilines is 2. The average molecular weight is 498 g/mol. The van der Waals surface area contributed by atoms with Crippen molar-refractivity contribution >= 4 is 17.6 Å². The van der Waals surface area contributed by atoms with Crippen molar-refractivity contribution in [3.8, 4) is 11.3 Å². The van der Waals surface area contributed by atoms with Crippen molar-refractivity contribution in [2.45, 2.75) is 44.4 Å². The number of rotatable bonds is 5. The van der Waals surface area contributed by atoms with Gasteiger partial charge < -0.3 is 10.1 Å². The fourth-order valence-electron chi connectivity index (χ4n) is 4.87. The molecule has 0 atom stereocenters. The van der Waals surface area contributed by atoms with Crippen LogP contribution in [0.4, 0.5) is 29.5 Å². The Morgan fingerprint density at radius 1 is 1.11 bits per heavy atom. The summed E-state index contributed by atoms with van der Waals surface area (Å²) < 4.78 is 44.8. The van der Waals surface area contributed by atoms with Gasteiger partial charge in [-0.25, -0.2) is 4.79 Å². The van der Waals surface area contributed by atoms with Gasteiger partial charge in [0.2, 0.25) is 0 Å². The number of amides is 1. The first-order chi connectivity index (χ1) is 17.2. The van der Waals surface area contributed by atoms with Crippen LogP contribution >= 0.6 is 0 Å². The van der Waals surface area contributed by atoms with Crippen LogP contribution in [-0.2, 0) is 10.9 Å². The van der Waals surface area contributed by atoms with Gasteiger partial charge in [-0.2, -0.15) is 13.2 Å². The van der Waals surface area contributed by atoms with E-state index in [-0.39, 0.29) is 6.09 Å². The Labute approximate surface area is 206 Å². The van der Waals surface area contributed by atoms with Gasteiger partial charge in [0.05, 0.1) is 23.5 Å². The molecule has 1 amide bonds. The molecule has 2 aliphatic rings. The molecule has 10 heteroatoms. The van der Waals surface area contributed by atoms with Gasteiger partial charge in [-0.15, -0.1) is 10.2 Å². The number of nitrogens with zero attached hydrogens (tertiary/aromatic N) is 4. The van der Waals surface area contributed by atoms with E-state index >= 15 is 0 Å². The third-order valence-electron chi connectivity index (χ3n) is 6.90. The van der Waals surface area contributed by atoms with Crippen molar-refractivity contribution in [3.63, 3.8) is 0 Å². The van der Waals surface area contributed by atoms with Crippen molar-refractivity contribution < 1.29 is 22.7 Å². The highest BCUT2D eigenvalue weighted by molar-refractivity contribution is 5.90. The van der Waals surface area contributed by atoms with Crippen LogP contribution in [0.25, 0.3) is 11.3 Å². The highest BCUT2D eigenvalue weighted by Crippen LogP contribution is 2.41. The Bertz CT molecular complexity index is 1240. The number of halogens is 3. The van der Waals surface area contributed by atoms with Crippen LogP contribution in [0.3, 0.4) is 0 Å². The largest absolute Gasteiger partial charge is 0.441 e. The van der Waals surface area contributed by atoms with Crippen molar-refractivity contribution in [1.29, 1.82) is 0 Å². The van der Waals surface area contributed by atoms with Gasteiger partial charge in [0, 0.05) is 24.0 Å². The highest BCUT2D eigenvalue weighted by Gasteiger charge is 2.47. The van der Waals surface area contributed by atoms with Gasteiger partial charge in [0.25, 0.3) is 0 Å². The fraction of sp³-hybridized carbons (Fsp3) is 0.385. The van der Waals surface area contributed by atoms with E-state index in [0.717, 1.165) is 49.2 Å².